The van der Waals surface area contributed by atoms with Crippen molar-refractivity contribution in [1.82, 2.24) is 4.72 Å². The number of aliphatic hydroxyl groups excluding tert-OH is 1. The monoisotopic (exact) mass is 300 g/mol. The zero-order chi connectivity index (χ0) is 15.2. The largest absolute Gasteiger partial charge is 0.398 e. The van der Waals surface area contributed by atoms with Gasteiger partial charge in [0.2, 0.25) is 10.0 Å². The molecule has 5 nitrogen and oxygen atoms in total. The number of aryl methyl sites for hydroxylation is 1. The lowest BCUT2D eigenvalue weighted by Crippen LogP contribution is -2.31. The van der Waals surface area contributed by atoms with E-state index in [-0.39, 0.29) is 23.1 Å². The average Bonchev–Trinajstić information content (AvgIpc) is 2.36. The highest BCUT2D eigenvalue weighted by atomic mass is 32.2. The average molecular weight is 300 g/mol. The van der Waals surface area contributed by atoms with Gasteiger partial charge in [-0.25, -0.2) is 13.1 Å². The molecular formula is C14H24N2O3S. The van der Waals surface area contributed by atoms with Crippen molar-refractivity contribution in [2.45, 2.75) is 38.0 Å². The number of nitrogens with two attached hydrogens (primary N) is 1. The highest BCUT2D eigenvalue weighted by molar-refractivity contribution is 7.89. The summed E-state index contributed by atoms with van der Waals surface area (Å²) < 4.78 is 27.3. The predicted molar refractivity (Wildman–Crippen MR) is 80.9 cm³/mol. The predicted octanol–water partition coefficient (Wildman–Crippen LogP) is 1.65. The van der Waals surface area contributed by atoms with Crippen LogP contribution in [0.3, 0.4) is 0 Å². The maximum Gasteiger partial charge on any atom is 0.242 e. The molecule has 0 heterocycles. The summed E-state index contributed by atoms with van der Waals surface area (Å²) in [5, 5.41) is 9.00. The molecule has 0 aliphatic carbocycles. The number of hydrogen-bond donors (Lipinski definition) is 3. The molecule has 0 aliphatic heterocycles. The lowest BCUT2D eigenvalue weighted by Gasteiger charge is -2.17. The third kappa shape index (κ3) is 4.47. The number of nitrogens with one attached hydrogen (secondary N) is 1. The van der Waals surface area contributed by atoms with Crippen LogP contribution in [0.25, 0.3) is 0 Å². The van der Waals surface area contributed by atoms with Gasteiger partial charge in [-0.1, -0.05) is 25.5 Å². The van der Waals surface area contributed by atoms with Gasteiger partial charge >= 0.3 is 0 Å². The number of rotatable bonds is 8. The molecule has 0 aliphatic rings. The highest BCUT2D eigenvalue weighted by Crippen LogP contribution is 2.22. The Bertz CT molecular complexity index is 503. The minimum atomic E-state index is -3.61. The molecule has 1 aromatic rings. The molecule has 6 heteroatoms. The molecule has 1 rings (SSSR count). The number of aliphatic hydroxyl groups is 1. The van der Waals surface area contributed by atoms with Crippen molar-refractivity contribution in [2.24, 2.45) is 5.92 Å². The van der Waals surface area contributed by atoms with Gasteiger partial charge in [0.05, 0.1) is 5.69 Å². The van der Waals surface area contributed by atoms with Crippen LogP contribution in [0.2, 0.25) is 0 Å². The first kappa shape index (κ1) is 16.9. The molecule has 0 saturated carbocycles. The summed E-state index contributed by atoms with van der Waals surface area (Å²) in [6, 6.07) is 5.04. The Hall–Kier alpha value is -1.11. The molecule has 114 valence electrons. The van der Waals surface area contributed by atoms with Crippen LogP contribution in [-0.2, 0) is 10.0 Å². The summed E-state index contributed by atoms with van der Waals surface area (Å²) in [7, 11) is -3.61. The Labute approximate surface area is 121 Å². The van der Waals surface area contributed by atoms with Gasteiger partial charge in [0.15, 0.2) is 0 Å². The van der Waals surface area contributed by atoms with Gasteiger partial charge in [-0.3, -0.25) is 0 Å². The Morgan fingerprint density at radius 2 is 2.05 bits per heavy atom. The Kier molecular flexibility index (Phi) is 6.45. The maximum absolute atomic E-state index is 12.3. The van der Waals surface area contributed by atoms with E-state index >= 15 is 0 Å². The number of nitrogen functional groups attached to an aromatic ring is 1. The van der Waals surface area contributed by atoms with Crippen molar-refractivity contribution in [2.75, 3.05) is 18.9 Å². The molecule has 0 amide bonds. The van der Waals surface area contributed by atoms with E-state index in [1.54, 1.807) is 25.1 Å². The van der Waals surface area contributed by atoms with Crippen LogP contribution in [0, 0.1) is 12.8 Å². The fourth-order valence-corrected chi connectivity index (χ4v) is 3.75. The van der Waals surface area contributed by atoms with Gasteiger partial charge < -0.3 is 10.8 Å². The van der Waals surface area contributed by atoms with Crippen LogP contribution in [0.1, 0.15) is 31.7 Å². The van der Waals surface area contributed by atoms with Crippen LogP contribution in [0.5, 0.6) is 0 Å². The number of sulfonamides is 1. The molecule has 0 aromatic heterocycles. The molecule has 0 radical (unpaired) electrons. The second-order valence-electron chi connectivity index (χ2n) is 5.01. The number of benzene rings is 1. The van der Waals surface area contributed by atoms with Crippen LogP contribution in [-0.4, -0.2) is 26.7 Å². The van der Waals surface area contributed by atoms with Gasteiger partial charge in [-0.05, 0) is 37.3 Å². The van der Waals surface area contributed by atoms with Crippen LogP contribution < -0.4 is 10.5 Å². The fraction of sp³-hybridized carbons (Fsp3) is 0.571. The highest BCUT2D eigenvalue weighted by Gasteiger charge is 2.21. The Balaban J connectivity index is 2.84. The number of hydrogen-bond acceptors (Lipinski definition) is 4. The quantitative estimate of drug-likeness (QED) is 0.637. The van der Waals surface area contributed by atoms with Crippen LogP contribution in [0.15, 0.2) is 23.1 Å². The first-order chi connectivity index (χ1) is 9.42. The third-order valence-electron chi connectivity index (χ3n) is 3.31. The summed E-state index contributed by atoms with van der Waals surface area (Å²) in [6.45, 7) is 4.16. The zero-order valence-electron chi connectivity index (χ0n) is 12.1. The molecule has 4 N–H and O–H groups in total. The van der Waals surface area contributed by atoms with Crippen molar-refractivity contribution in [3.63, 3.8) is 0 Å². The molecule has 0 saturated heterocycles. The van der Waals surface area contributed by atoms with E-state index in [4.69, 9.17) is 10.8 Å². The van der Waals surface area contributed by atoms with Gasteiger partial charge in [-0.2, -0.15) is 0 Å². The van der Waals surface area contributed by atoms with E-state index in [2.05, 4.69) is 4.72 Å². The van der Waals surface area contributed by atoms with Crippen LogP contribution in [0.4, 0.5) is 5.69 Å². The van der Waals surface area contributed by atoms with Gasteiger partial charge in [-0.15, -0.1) is 0 Å². The van der Waals surface area contributed by atoms with Crippen molar-refractivity contribution in [1.29, 1.82) is 0 Å². The third-order valence-corrected chi connectivity index (χ3v) is 4.95. The lowest BCUT2D eigenvalue weighted by molar-refractivity contribution is 0.251. The van der Waals surface area contributed by atoms with Crippen molar-refractivity contribution in [3.8, 4) is 0 Å². The summed E-state index contributed by atoms with van der Waals surface area (Å²) in [5.41, 5.74) is 6.66. The van der Waals surface area contributed by atoms with E-state index in [9.17, 15) is 8.42 Å². The summed E-state index contributed by atoms with van der Waals surface area (Å²) in [4.78, 5) is 0.152. The van der Waals surface area contributed by atoms with Crippen molar-refractivity contribution < 1.29 is 13.5 Å². The summed E-state index contributed by atoms with van der Waals surface area (Å²) >= 11 is 0. The second-order valence-corrected chi connectivity index (χ2v) is 6.72. The fourth-order valence-electron chi connectivity index (χ4n) is 2.28. The first-order valence-corrected chi connectivity index (χ1v) is 8.36. The van der Waals surface area contributed by atoms with Crippen molar-refractivity contribution >= 4 is 15.7 Å². The SMILES string of the molecule is CCCC(CCO)CNS(=O)(=O)c1c(C)cccc1N. The molecule has 0 fully saturated rings. The second kappa shape index (κ2) is 7.61. The molecule has 1 atom stereocenters. The van der Waals surface area contributed by atoms with Gasteiger partial charge in [0.1, 0.15) is 4.90 Å². The van der Waals surface area contributed by atoms with Gasteiger partial charge in [0.25, 0.3) is 0 Å². The molecule has 0 bridgehead atoms. The van der Waals surface area contributed by atoms with Crippen LogP contribution >= 0.6 is 0 Å². The Morgan fingerprint density at radius 1 is 1.35 bits per heavy atom. The smallest absolute Gasteiger partial charge is 0.242 e. The number of anilines is 1. The molecular weight excluding hydrogens is 276 g/mol. The lowest BCUT2D eigenvalue weighted by atomic mass is 10.0. The van der Waals surface area contributed by atoms with Crippen molar-refractivity contribution in [3.05, 3.63) is 23.8 Å². The topological polar surface area (TPSA) is 92.4 Å². The van der Waals surface area contributed by atoms with E-state index in [0.717, 1.165) is 12.8 Å². The standard InChI is InChI=1S/C14H24N2O3S/c1-3-5-12(8-9-17)10-16-20(18,19)14-11(2)6-4-7-13(14)15/h4,6-7,12,16-17H,3,5,8-10,15H2,1-2H3. The first-order valence-electron chi connectivity index (χ1n) is 6.88. The molecule has 1 aromatic carbocycles. The van der Waals surface area contributed by atoms with E-state index in [1.807, 2.05) is 6.92 Å². The summed E-state index contributed by atoms with van der Waals surface area (Å²) in [5.74, 6) is 0.144. The van der Waals surface area contributed by atoms with Gasteiger partial charge in [0, 0.05) is 13.2 Å². The zero-order valence-corrected chi connectivity index (χ0v) is 12.9. The van der Waals surface area contributed by atoms with E-state index < -0.39 is 10.0 Å². The van der Waals surface area contributed by atoms with E-state index in [1.165, 1.54) is 0 Å². The molecule has 20 heavy (non-hydrogen) atoms. The van der Waals surface area contributed by atoms with E-state index in [0.29, 0.717) is 18.5 Å². The Morgan fingerprint density at radius 3 is 2.60 bits per heavy atom. The molecule has 1 unspecified atom stereocenters. The maximum atomic E-state index is 12.3. The minimum Gasteiger partial charge on any atom is -0.398 e. The minimum absolute atomic E-state index is 0.0684. The molecule has 0 spiro atoms. The normalized spacial score (nSPS) is 13.3. The summed E-state index contributed by atoms with van der Waals surface area (Å²) in [6.07, 6.45) is 2.44.